The van der Waals surface area contributed by atoms with E-state index in [4.69, 9.17) is 5.11 Å². The van der Waals surface area contributed by atoms with Crippen LogP contribution in [-0.4, -0.2) is 11.1 Å². The fraction of sp³-hybridized carbons (Fsp3) is 0.909. The van der Waals surface area contributed by atoms with Crippen LogP contribution in [0.3, 0.4) is 0 Å². The molecule has 1 aliphatic carbocycles. The quantitative estimate of drug-likeness (QED) is 0.713. The molecule has 0 aromatic rings. The average molecular weight is 184 g/mol. The number of aliphatic carboxylic acids is 1. The molecule has 0 radical (unpaired) electrons. The first-order valence-corrected chi connectivity index (χ1v) is 5.34. The van der Waals surface area contributed by atoms with E-state index in [2.05, 4.69) is 13.8 Å². The Morgan fingerprint density at radius 3 is 2.31 bits per heavy atom. The van der Waals surface area contributed by atoms with Crippen molar-refractivity contribution in [3.8, 4) is 0 Å². The molecular formula is C11H20O2. The monoisotopic (exact) mass is 184 g/mol. The summed E-state index contributed by atoms with van der Waals surface area (Å²) in [4.78, 5) is 10.9. The number of rotatable bonds is 5. The molecule has 2 nitrogen and oxygen atoms in total. The van der Waals surface area contributed by atoms with Crippen LogP contribution in [0.4, 0.5) is 0 Å². The summed E-state index contributed by atoms with van der Waals surface area (Å²) < 4.78 is 0. The zero-order chi connectivity index (χ0) is 9.84. The van der Waals surface area contributed by atoms with E-state index < -0.39 is 5.97 Å². The van der Waals surface area contributed by atoms with Gasteiger partial charge in [0.2, 0.25) is 0 Å². The Balaban J connectivity index is 2.33. The van der Waals surface area contributed by atoms with Gasteiger partial charge in [0.1, 0.15) is 0 Å². The van der Waals surface area contributed by atoms with Crippen LogP contribution in [0.2, 0.25) is 0 Å². The van der Waals surface area contributed by atoms with Gasteiger partial charge >= 0.3 is 5.97 Å². The average Bonchev–Trinajstić information content (AvgIpc) is 1.92. The smallest absolute Gasteiger partial charge is 0.306 e. The van der Waals surface area contributed by atoms with Gasteiger partial charge in [-0.05, 0) is 31.1 Å². The lowest BCUT2D eigenvalue weighted by atomic mass is 9.73. The molecule has 0 unspecified atom stereocenters. The van der Waals surface area contributed by atoms with Crippen LogP contribution in [0.25, 0.3) is 0 Å². The van der Waals surface area contributed by atoms with E-state index in [0.29, 0.717) is 11.8 Å². The highest BCUT2D eigenvalue weighted by atomic mass is 16.4. The Labute approximate surface area is 80.3 Å². The Hall–Kier alpha value is -0.530. The van der Waals surface area contributed by atoms with Gasteiger partial charge in [-0.1, -0.05) is 26.7 Å². The third kappa shape index (κ3) is 3.02. The van der Waals surface area contributed by atoms with Gasteiger partial charge in [0.25, 0.3) is 0 Å². The van der Waals surface area contributed by atoms with Crippen molar-refractivity contribution in [2.45, 2.75) is 46.0 Å². The van der Waals surface area contributed by atoms with Crippen molar-refractivity contribution in [3.05, 3.63) is 0 Å². The van der Waals surface area contributed by atoms with Gasteiger partial charge in [0.15, 0.2) is 0 Å². The Morgan fingerprint density at radius 1 is 1.38 bits per heavy atom. The van der Waals surface area contributed by atoms with Crippen LogP contribution in [0.15, 0.2) is 0 Å². The molecule has 1 atom stereocenters. The predicted molar refractivity (Wildman–Crippen MR) is 52.5 cm³/mol. The second-order valence-corrected chi connectivity index (χ2v) is 4.61. The minimum Gasteiger partial charge on any atom is -0.481 e. The maximum Gasteiger partial charge on any atom is 0.306 e. The van der Waals surface area contributed by atoms with Crippen LogP contribution < -0.4 is 0 Å². The molecule has 1 aliphatic rings. The lowest BCUT2D eigenvalue weighted by Crippen LogP contribution is -2.28. The molecule has 13 heavy (non-hydrogen) atoms. The molecule has 0 saturated heterocycles. The molecule has 0 aliphatic heterocycles. The largest absolute Gasteiger partial charge is 0.481 e. The normalized spacial score (nSPS) is 19.9. The molecule has 0 aromatic heterocycles. The number of carboxylic acid groups (broad SMARTS) is 1. The second kappa shape index (κ2) is 4.64. The Kier molecular flexibility index (Phi) is 3.76. The Bertz CT molecular complexity index is 171. The third-order valence-corrected chi connectivity index (χ3v) is 3.09. The van der Waals surface area contributed by atoms with Crippen LogP contribution in [0.1, 0.15) is 46.0 Å². The summed E-state index contributed by atoms with van der Waals surface area (Å²) in [7, 11) is 0. The third-order valence-electron chi connectivity index (χ3n) is 3.09. The van der Waals surface area contributed by atoms with E-state index >= 15 is 0 Å². The highest BCUT2D eigenvalue weighted by molar-refractivity contribution is 5.70. The summed E-state index contributed by atoms with van der Waals surface area (Å²) in [5.41, 5.74) is 0. The van der Waals surface area contributed by atoms with Gasteiger partial charge in [-0.15, -0.1) is 0 Å². The number of hydrogen-bond acceptors (Lipinski definition) is 1. The minimum absolute atomic E-state index is 0.0591. The van der Waals surface area contributed by atoms with E-state index in [-0.39, 0.29) is 5.92 Å². The van der Waals surface area contributed by atoms with Gasteiger partial charge in [-0.25, -0.2) is 0 Å². The first-order valence-electron chi connectivity index (χ1n) is 5.34. The van der Waals surface area contributed by atoms with Gasteiger partial charge in [0, 0.05) is 0 Å². The minimum atomic E-state index is -0.578. The van der Waals surface area contributed by atoms with Gasteiger partial charge in [-0.2, -0.15) is 0 Å². The van der Waals surface area contributed by atoms with E-state index in [1.165, 1.54) is 6.42 Å². The predicted octanol–water partition coefficient (Wildman–Crippen LogP) is 2.92. The van der Waals surface area contributed by atoms with Crippen molar-refractivity contribution < 1.29 is 9.90 Å². The Morgan fingerprint density at radius 2 is 2.00 bits per heavy atom. The summed E-state index contributed by atoms with van der Waals surface area (Å²) in [5.74, 6) is 0.472. The SMILES string of the molecule is CC(C)CC[C@@H](C(=O)O)C1CCC1. The molecular weight excluding hydrogens is 164 g/mol. The maximum atomic E-state index is 10.9. The molecule has 1 fully saturated rings. The first kappa shape index (κ1) is 10.6. The molecule has 0 amide bonds. The second-order valence-electron chi connectivity index (χ2n) is 4.61. The van der Waals surface area contributed by atoms with E-state index in [1.807, 2.05) is 0 Å². The molecule has 0 aromatic carbocycles. The summed E-state index contributed by atoms with van der Waals surface area (Å²) in [5, 5.41) is 9.02. The van der Waals surface area contributed by atoms with Crippen LogP contribution >= 0.6 is 0 Å². The molecule has 1 saturated carbocycles. The van der Waals surface area contributed by atoms with Crippen molar-refractivity contribution in [2.75, 3.05) is 0 Å². The molecule has 76 valence electrons. The van der Waals surface area contributed by atoms with Gasteiger partial charge < -0.3 is 5.11 Å². The molecule has 0 bridgehead atoms. The van der Waals surface area contributed by atoms with Crippen molar-refractivity contribution in [1.82, 2.24) is 0 Å². The van der Waals surface area contributed by atoms with E-state index in [9.17, 15) is 4.79 Å². The zero-order valence-electron chi connectivity index (χ0n) is 8.62. The van der Waals surface area contributed by atoms with Crippen LogP contribution in [-0.2, 0) is 4.79 Å². The number of hydrogen-bond donors (Lipinski definition) is 1. The van der Waals surface area contributed by atoms with Crippen molar-refractivity contribution in [1.29, 1.82) is 0 Å². The van der Waals surface area contributed by atoms with Crippen LogP contribution in [0.5, 0.6) is 0 Å². The zero-order valence-corrected chi connectivity index (χ0v) is 8.62. The van der Waals surface area contributed by atoms with Crippen molar-refractivity contribution in [3.63, 3.8) is 0 Å². The molecule has 0 spiro atoms. The highest BCUT2D eigenvalue weighted by Crippen LogP contribution is 2.36. The van der Waals surface area contributed by atoms with Crippen molar-refractivity contribution in [2.24, 2.45) is 17.8 Å². The van der Waals surface area contributed by atoms with Gasteiger partial charge in [0.05, 0.1) is 5.92 Å². The van der Waals surface area contributed by atoms with Crippen LogP contribution in [0, 0.1) is 17.8 Å². The molecule has 1 rings (SSSR count). The van der Waals surface area contributed by atoms with Gasteiger partial charge in [-0.3, -0.25) is 4.79 Å². The van der Waals surface area contributed by atoms with E-state index in [0.717, 1.165) is 25.7 Å². The fourth-order valence-corrected chi connectivity index (χ4v) is 1.92. The summed E-state index contributed by atoms with van der Waals surface area (Å²) in [6, 6.07) is 0. The molecule has 2 heteroatoms. The molecule has 1 N–H and O–H groups in total. The number of carbonyl (C=O) groups is 1. The van der Waals surface area contributed by atoms with E-state index in [1.54, 1.807) is 0 Å². The molecule has 0 heterocycles. The summed E-state index contributed by atoms with van der Waals surface area (Å²) >= 11 is 0. The number of carboxylic acids is 1. The fourth-order valence-electron chi connectivity index (χ4n) is 1.92. The highest BCUT2D eigenvalue weighted by Gasteiger charge is 2.31. The van der Waals surface area contributed by atoms with Crippen molar-refractivity contribution >= 4 is 5.97 Å². The maximum absolute atomic E-state index is 10.9. The summed E-state index contributed by atoms with van der Waals surface area (Å²) in [6.45, 7) is 4.30. The lowest BCUT2D eigenvalue weighted by molar-refractivity contribution is -0.145. The first-order chi connectivity index (χ1) is 6.11. The lowest BCUT2D eigenvalue weighted by Gasteiger charge is -2.31. The topological polar surface area (TPSA) is 37.3 Å². The standard InChI is InChI=1S/C11H20O2/c1-8(2)6-7-10(11(12)13)9-4-3-5-9/h8-10H,3-7H2,1-2H3,(H,12,13)/t10-/m1/s1. The summed E-state index contributed by atoms with van der Waals surface area (Å²) in [6.07, 6.45) is 5.42.